The molecule has 0 fully saturated rings. The molecule has 90 valence electrons. The number of hydrogen-bond donors (Lipinski definition) is 2. The van der Waals surface area contributed by atoms with E-state index in [1.807, 2.05) is 19.9 Å². The van der Waals surface area contributed by atoms with Crippen LogP contribution in [0.2, 0.25) is 0 Å². The lowest BCUT2D eigenvalue weighted by Crippen LogP contribution is -2.16. The van der Waals surface area contributed by atoms with Gasteiger partial charge in [-0.2, -0.15) is 0 Å². The number of rotatable bonds is 4. The Morgan fingerprint density at radius 1 is 1.31 bits per heavy atom. The second-order valence-electron chi connectivity index (χ2n) is 4.01. The van der Waals surface area contributed by atoms with Gasteiger partial charge < -0.3 is 10.8 Å². The Balaban J connectivity index is 3.01. The minimum Gasteiger partial charge on any atom is -0.392 e. The minimum absolute atomic E-state index is 0.0607. The van der Waals surface area contributed by atoms with Crippen molar-refractivity contribution in [2.24, 2.45) is 5.73 Å². The van der Waals surface area contributed by atoms with Crippen molar-refractivity contribution >= 4 is 11.8 Å². The van der Waals surface area contributed by atoms with E-state index in [9.17, 15) is 9.50 Å². The molecule has 3 unspecified atom stereocenters. The van der Waals surface area contributed by atoms with E-state index in [4.69, 9.17) is 5.73 Å². The number of halogens is 1. The van der Waals surface area contributed by atoms with Gasteiger partial charge in [0.2, 0.25) is 0 Å². The van der Waals surface area contributed by atoms with Crippen LogP contribution >= 0.6 is 11.8 Å². The van der Waals surface area contributed by atoms with Crippen molar-refractivity contribution in [2.75, 3.05) is 0 Å². The third-order valence-electron chi connectivity index (χ3n) is 2.47. The summed E-state index contributed by atoms with van der Waals surface area (Å²) in [5, 5.41) is 9.37. The van der Waals surface area contributed by atoms with Gasteiger partial charge in [0.15, 0.2) is 0 Å². The molecule has 0 bridgehead atoms. The first-order valence-electron chi connectivity index (χ1n) is 5.32. The number of hydrogen-bond acceptors (Lipinski definition) is 3. The van der Waals surface area contributed by atoms with Crippen LogP contribution in [0, 0.1) is 5.82 Å². The van der Waals surface area contributed by atoms with Crippen LogP contribution in [0.5, 0.6) is 0 Å². The Labute approximate surface area is 100 Å². The first kappa shape index (κ1) is 13.5. The number of nitrogens with two attached hydrogens (primary N) is 1. The van der Waals surface area contributed by atoms with Crippen molar-refractivity contribution in [1.29, 1.82) is 0 Å². The van der Waals surface area contributed by atoms with Gasteiger partial charge in [0.25, 0.3) is 0 Å². The summed E-state index contributed by atoms with van der Waals surface area (Å²) in [5.74, 6) is -0.271. The summed E-state index contributed by atoms with van der Waals surface area (Å²) in [5.41, 5.74) is 6.58. The van der Waals surface area contributed by atoms with Gasteiger partial charge in [-0.25, -0.2) is 4.39 Å². The van der Waals surface area contributed by atoms with E-state index in [1.165, 1.54) is 17.8 Å². The van der Waals surface area contributed by atoms with E-state index in [-0.39, 0.29) is 17.1 Å². The zero-order valence-corrected chi connectivity index (χ0v) is 10.6. The Hall–Kier alpha value is -0.580. The first-order valence-corrected chi connectivity index (χ1v) is 6.20. The van der Waals surface area contributed by atoms with Gasteiger partial charge in [0.1, 0.15) is 5.82 Å². The lowest BCUT2D eigenvalue weighted by Gasteiger charge is -2.18. The monoisotopic (exact) mass is 243 g/mol. The summed E-state index contributed by atoms with van der Waals surface area (Å²) in [6.45, 7) is 5.39. The molecular formula is C12H18FNOS. The molecule has 0 saturated heterocycles. The van der Waals surface area contributed by atoms with Crippen molar-refractivity contribution in [1.82, 2.24) is 0 Å². The van der Waals surface area contributed by atoms with Gasteiger partial charge in [0, 0.05) is 16.2 Å². The third kappa shape index (κ3) is 3.20. The Bertz CT molecular complexity index is 355. The van der Waals surface area contributed by atoms with Crippen molar-refractivity contribution in [3.63, 3.8) is 0 Å². The van der Waals surface area contributed by atoms with Crippen LogP contribution in [-0.2, 0) is 0 Å². The first-order chi connectivity index (χ1) is 7.43. The molecule has 2 nitrogen and oxygen atoms in total. The van der Waals surface area contributed by atoms with Crippen LogP contribution in [0.4, 0.5) is 4.39 Å². The molecule has 0 radical (unpaired) electrons. The molecule has 0 amide bonds. The van der Waals surface area contributed by atoms with Gasteiger partial charge in [-0.3, -0.25) is 0 Å². The molecule has 4 heteroatoms. The van der Waals surface area contributed by atoms with E-state index in [2.05, 4.69) is 0 Å². The van der Waals surface area contributed by atoms with Crippen LogP contribution in [0.1, 0.15) is 32.4 Å². The second-order valence-corrected chi connectivity index (χ2v) is 5.40. The van der Waals surface area contributed by atoms with Gasteiger partial charge in [-0.1, -0.05) is 19.1 Å². The average Bonchev–Trinajstić information content (AvgIpc) is 2.20. The van der Waals surface area contributed by atoms with E-state index >= 15 is 0 Å². The Morgan fingerprint density at radius 2 is 1.94 bits per heavy atom. The second kappa shape index (κ2) is 5.66. The van der Waals surface area contributed by atoms with E-state index in [1.54, 1.807) is 13.0 Å². The molecule has 0 aliphatic heterocycles. The SMILES string of the molecule is CC(N)c1cccc(F)c1SC(C)C(C)O. The maximum atomic E-state index is 13.7. The standard InChI is InChI=1S/C12H18FNOS/c1-7(14)10-5-4-6-11(13)12(10)16-9(3)8(2)15/h4-9,15H,14H2,1-3H3. The highest BCUT2D eigenvalue weighted by Crippen LogP contribution is 2.33. The summed E-state index contributed by atoms with van der Waals surface area (Å²) in [4.78, 5) is 0.547. The summed E-state index contributed by atoms with van der Waals surface area (Å²) >= 11 is 1.33. The zero-order valence-electron chi connectivity index (χ0n) is 9.77. The summed E-state index contributed by atoms with van der Waals surface area (Å²) < 4.78 is 13.7. The normalized spacial score (nSPS) is 16.9. The molecule has 16 heavy (non-hydrogen) atoms. The topological polar surface area (TPSA) is 46.2 Å². The van der Waals surface area contributed by atoms with Crippen molar-refractivity contribution < 1.29 is 9.50 Å². The third-order valence-corrected chi connectivity index (χ3v) is 3.90. The van der Waals surface area contributed by atoms with Gasteiger partial charge in [0.05, 0.1) is 6.10 Å². The van der Waals surface area contributed by atoms with Crippen molar-refractivity contribution in [3.8, 4) is 0 Å². The van der Waals surface area contributed by atoms with E-state index in [0.717, 1.165) is 5.56 Å². The van der Waals surface area contributed by atoms with Crippen molar-refractivity contribution in [2.45, 2.75) is 43.1 Å². The number of benzene rings is 1. The molecule has 0 aliphatic rings. The molecule has 0 spiro atoms. The fourth-order valence-electron chi connectivity index (χ4n) is 1.29. The Morgan fingerprint density at radius 3 is 2.44 bits per heavy atom. The van der Waals surface area contributed by atoms with Crippen LogP contribution in [0.3, 0.4) is 0 Å². The van der Waals surface area contributed by atoms with E-state index < -0.39 is 6.10 Å². The largest absolute Gasteiger partial charge is 0.392 e. The van der Waals surface area contributed by atoms with Gasteiger partial charge >= 0.3 is 0 Å². The van der Waals surface area contributed by atoms with Gasteiger partial charge in [-0.15, -0.1) is 11.8 Å². The maximum Gasteiger partial charge on any atom is 0.137 e. The molecule has 0 aliphatic carbocycles. The van der Waals surface area contributed by atoms with E-state index in [0.29, 0.717) is 4.90 Å². The molecule has 3 N–H and O–H groups in total. The van der Waals surface area contributed by atoms with Crippen LogP contribution in [-0.4, -0.2) is 16.5 Å². The molecule has 0 aromatic heterocycles. The van der Waals surface area contributed by atoms with Crippen LogP contribution in [0.15, 0.2) is 23.1 Å². The maximum absolute atomic E-state index is 13.7. The average molecular weight is 243 g/mol. The van der Waals surface area contributed by atoms with Crippen LogP contribution < -0.4 is 5.73 Å². The van der Waals surface area contributed by atoms with Crippen molar-refractivity contribution in [3.05, 3.63) is 29.6 Å². The molecule has 1 rings (SSSR count). The quantitative estimate of drug-likeness (QED) is 0.799. The summed E-state index contributed by atoms with van der Waals surface area (Å²) in [6.07, 6.45) is -0.481. The molecule has 1 aromatic rings. The lowest BCUT2D eigenvalue weighted by molar-refractivity contribution is 0.196. The predicted molar refractivity (Wildman–Crippen MR) is 66.0 cm³/mol. The smallest absolute Gasteiger partial charge is 0.137 e. The Kier molecular flexibility index (Phi) is 4.77. The summed E-state index contributed by atoms with van der Waals surface area (Å²) in [6, 6.07) is 4.69. The molecule has 0 saturated carbocycles. The lowest BCUT2D eigenvalue weighted by atomic mass is 10.1. The zero-order chi connectivity index (χ0) is 12.3. The number of aliphatic hydroxyl groups excluding tert-OH is 1. The highest BCUT2D eigenvalue weighted by atomic mass is 32.2. The fourth-order valence-corrected chi connectivity index (χ4v) is 2.43. The molecule has 0 heterocycles. The minimum atomic E-state index is -0.481. The summed E-state index contributed by atoms with van der Waals surface area (Å²) in [7, 11) is 0. The van der Waals surface area contributed by atoms with Gasteiger partial charge in [-0.05, 0) is 25.5 Å². The molecule has 3 atom stereocenters. The number of aliphatic hydroxyl groups is 1. The van der Waals surface area contributed by atoms with Crippen LogP contribution in [0.25, 0.3) is 0 Å². The number of thioether (sulfide) groups is 1. The highest BCUT2D eigenvalue weighted by Gasteiger charge is 2.17. The predicted octanol–water partition coefficient (Wildman–Crippen LogP) is 2.71. The highest BCUT2D eigenvalue weighted by molar-refractivity contribution is 8.00. The molecular weight excluding hydrogens is 225 g/mol. The molecule has 1 aromatic carbocycles. The fraction of sp³-hybridized carbons (Fsp3) is 0.500.